The van der Waals surface area contributed by atoms with Gasteiger partial charge in [0.25, 0.3) is 0 Å². The Morgan fingerprint density at radius 3 is 2.45 bits per heavy atom. The molecule has 0 aliphatic carbocycles. The van der Waals surface area contributed by atoms with Crippen LogP contribution in [0.1, 0.15) is 5.56 Å². The van der Waals surface area contributed by atoms with E-state index >= 15 is 0 Å². The molecule has 1 heterocycles. The summed E-state index contributed by atoms with van der Waals surface area (Å²) < 4.78 is 55.7. The minimum atomic E-state index is -5.34. The number of hydrogen-bond donors (Lipinski definition) is 0. The zero-order valence-corrected chi connectivity index (χ0v) is 13.8. The number of halogens is 4. The van der Waals surface area contributed by atoms with Crippen LogP contribution >= 0.6 is 0 Å². The maximum Gasteiger partial charge on any atom is 1.00 e. The second kappa shape index (κ2) is 7.56. The number of hydrogen-bond acceptors (Lipinski definition) is 2. The molecule has 0 atom stereocenters. The average Bonchev–Trinajstić information content (AvgIpc) is 2.36. The average molecular weight is 309 g/mol. The first-order chi connectivity index (χ1) is 8.97. The van der Waals surface area contributed by atoms with Crippen molar-refractivity contribution in [3.05, 3.63) is 54.1 Å². The Hall–Kier alpha value is -0.409. The normalized spacial score (nSPS) is 10.8. The fourth-order valence-corrected chi connectivity index (χ4v) is 1.51. The molecule has 2 rings (SSSR count). The van der Waals surface area contributed by atoms with Gasteiger partial charge in [0.15, 0.2) is 0 Å². The second-order valence-corrected chi connectivity index (χ2v) is 3.91. The molecule has 0 aliphatic heterocycles. The number of benzene rings is 1. The van der Waals surface area contributed by atoms with Gasteiger partial charge in [-0.05, 0) is 12.1 Å². The Morgan fingerprint density at radius 2 is 1.90 bits per heavy atom. The van der Waals surface area contributed by atoms with Gasteiger partial charge in [-0.15, -0.1) is 0 Å². The van der Waals surface area contributed by atoms with E-state index in [4.69, 9.17) is 4.74 Å². The van der Waals surface area contributed by atoms with Crippen molar-refractivity contribution in [2.75, 3.05) is 0 Å². The summed E-state index contributed by atoms with van der Waals surface area (Å²) in [5, 5.41) is 0. The van der Waals surface area contributed by atoms with Crippen molar-refractivity contribution in [3.8, 4) is 5.75 Å². The van der Waals surface area contributed by atoms with Gasteiger partial charge in [0.2, 0.25) is 0 Å². The molecule has 20 heavy (non-hydrogen) atoms. The van der Waals surface area contributed by atoms with Crippen molar-refractivity contribution in [3.63, 3.8) is 0 Å². The van der Waals surface area contributed by atoms with Crippen molar-refractivity contribution in [2.24, 2.45) is 0 Å². The smallest absolute Gasteiger partial charge is 0.489 e. The summed E-state index contributed by atoms with van der Waals surface area (Å²) >= 11 is 0. The van der Waals surface area contributed by atoms with Crippen LogP contribution in [0, 0.1) is 5.82 Å². The topological polar surface area (TPSA) is 22.1 Å². The molecule has 1 aromatic carbocycles. The van der Waals surface area contributed by atoms with E-state index in [1.807, 2.05) is 0 Å². The maximum absolute atomic E-state index is 13.3. The molecule has 0 fully saturated rings. The standard InChI is InChI=1S/C12H9BF4NO.K/c14-12-6-10(3-4-11(12)13(15,16)17)19-8-9-2-1-5-18-7-9;/h1-7H,8H2;/q-1;+1. The Bertz CT molecular complexity index is 565. The van der Waals surface area contributed by atoms with E-state index in [0.29, 0.717) is 6.07 Å². The molecule has 2 nitrogen and oxygen atoms in total. The van der Waals surface area contributed by atoms with E-state index in [-0.39, 0.29) is 63.7 Å². The molecule has 8 heteroatoms. The first-order valence-corrected chi connectivity index (χ1v) is 5.48. The first kappa shape index (κ1) is 17.6. The van der Waals surface area contributed by atoms with Gasteiger partial charge in [0.1, 0.15) is 12.4 Å². The molecule has 0 N–H and O–H groups in total. The van der Waals surface area contributed by atoms with E-state index < -0.39 is 18.3 Å². The van der Waals surface area contributed by atoms with Crippen LogP contribution in [0.3, 0.4) is 0 Å². The predicted octanol–water partition coefficient (Wildman–Crippen LogP) is -0.142. The molecule has 100 valence electrons. The van der Waals surface area contributed by atoms with Crippen LogP contribution in [0.25, 0.3) is 0 Å². The van der Waals surface area contributed by atoms with Crippen molar-refractivity contribution in [2.45, 2.75) is 6.61 Å². The first-order valence-electron chi connectivity index (χ1n) is 5.48. The molecule has 0 saturated carbocycles. The van der Waals surface area contributed by atoms with Crippen LogP contribution in [0.5, 0.6) is 5.75 Å². The molecule has 0 saturated heterocycles. The summed E-state index contributed by atoms with van der Waals surface area (Å²) in [7, 11) is 0. The third kappa shape index (κ3) is 4.85. The van der Waals surface area contributed by atoms with Crippen LogP contribution in [0.2, 0.25) is 0 Å². The summed E-state index contributed by atoms with van der Waals surface area (Å²) in [6, 6.07) is 5.98. The summed E-state index contributed by atoms with van der Waals surface area (Å²) in [6.45, 7) is -5.23. The number of aromatic nitrogens is 1. The van der Waals surface area contributed by atoms with Crippen molar-refractivity contribution < 1.29 is 73.5 Å². The molecule has 2 aromatic rings. The van der Waals surface area contributed by atoms with Gasteiger partial charge in [-0.2, -0.15) is 0 Å². The molecule has 0 spiro atoms. The van der Waals surface area contributed by atoms with Gasteiger partial charge in [-0.25, -0.2) is 4.39 Å². The van der Waals surface area contributed by atoms with Crippen LogP contribution in [-0.2, 0) is 6.61 Å². The number of nitrogens with zero attached hydrogens (tertiary/aromatic N) is 1. The minimum Gasteiger partial charge on any atom is -0.489 e. The van der Waals surface area contributed by atoms with Crippen molar-refractivity contribution in [1.82, 2.24) is 4.98 Å². The van der Waals surface area contributed by atoms with E-state index in [2.05, 4.69) is 4.98 Å². The van der Waals surface area contributed by atoms with E-state index in [1.54, 1.807) is 24.5 Å². The largest absolute Gasteiger partial charge is 1.00 e. The summed E-state index contributed by atoms with van der Waals surface area (Å²) in [5.74, 6) is -1.28. The molecule has 0 bridgehead atoms. The zero-order valence-electron chi connectivity index (χ0n) is 10.7. The molecular weight excluding hydrogens is 300 g/mol. The minimum absolute atomic E-state index is 0. The van der Waals surface area contributed by atoms with Crippen LogP contribution in [0.4, 0.5) is 17.3 Å². The van der Waals surface area contributed by atoms with Gasteiger partial charge in [-0.1, -0.05) is 17.6 Å². The SMILES string of the molecule is Fc1cc(OCc2cccnc2)ccc1[B-](F)(F)F.[K+]. The van der Waals surface area contributed by atoms with Crippen LogP contribution < -0.4 is 61.6 Å². The van der Waals surface area contributed by atoms with Gasteiger partial charge in [-0.3, -0.25) is 4.98 Å². The van der Waals surface area contributed by atoms with Crippen LogP contribution in [-0.4, -0.2) is 12.0 Å². The van der Waals surface area contributed by atoms with E-state index in [9.17, 15) is 17.3 Å². The Morgan fingerprint density at radius 1 is 1.15 bits per heavy atom. The fourth-order valence-electron chi connectivity index (χ4n) is 1.51. The van der Waals surface area contributed by atoms with Gasteiger partial charge >= 0.3 is 58.4 Å². The van der Waals surface area contributed by atoms with Crippen molar-refractivity contribution >= 4 is 12.4 Å². The summed E-state index contributed by atoms with van der Waals surface area (Å²) in [4.78, 5) is 3.86. The monoisotopic (exact) mass is 309 g/mol. The number of pyridine rings is 1. The van der Waals surface area contributed by atoms with Gasteiger partial charge in [0, 0.05) is 24.0 Å². The maximum atomic E-state index is 13.3. The Balaban J connectivity index is 0.00000200. The van der Waals surface area contributed by atoms with Gasteiger partial charge < -0.3 is 17.7 Å². The third-order valence-corrected chi connectivity index (χ3v) is 2.45. The van der Waals surface area contributed by atoms with Gasteiger partial charge in [0.05, 0.1) is 5.82 Å². The van der Waals surface area contributed by atoms with E-state index in [0.717, 1.165) is 17.7 Å². The molecule has 0 aliphatic rings. The van der Waals surface area contributed by atoms with Crippen molar-refractivity contribution in [1.29, 1.82) is 0 Å². The number of rotatable bonds is 4. The molecular formula is C12H9BF4KNO. The summed E-state index contributed by atoms with van der Waals surface area (Å²) in [6.07, 6.45) is 3.15. The Labute approximate surface area is 156 Å². The molecule has 1 aromatic heterocycles. The second-order valence-electron chi connectivity index (χ2n) is 3.91. The van der Waals surface area contributed by atoms with E-state index in [1.165, 1.54) is 0 Å². The Kier molecular flexibility index (Phi) is 6.67. The molecule has 0 unspecified atom stereocenters. The zero-order chi connectivity index (χ0) is 13.9. The number of ether oxygens (including phenoxy) is 1. The molecule has 0 radical (unpaired) electrons. The van der Waals surface area contributed by atoms with Crippen LogP contribution in [0.15, 0.2) is 42.7 Å². The summed E-state index contributed by atoms with van der Waals surface area (Å²) in [5.41, 5.74) is -0.499. The predicted molar refractivity (Wildman–Crippen MR) is 63.7 cm³/mol. The fraction of sp³-hybridized carbons (Fsp3) is 0.0833. The third-order valence-electron chi connectivity index (χ3n) is 2.45. The molecule has 0 amide bonds. The quantitative estimate of drug-likeness (QED) is 0.579.